The average molecular weight is 261 g/mol. The molecule has 1 aromatic rings. The van der Waals surface area contributed by atoms with Crippen LogP contribution in [-0.2, 0) is 6.18 Å². The number of carboxylic acid groups (broad SMARTS) is 1. The van der Waals surface area contributed by atoms with Gasteiger partial charge in [-0.15, -0.1) is 0 Å². The van der Waals surface area contributed by atoms with Gasteiger partial charge in [0.05, 0.1) is 0 Å². The molecule has 1 aromatic heterocycles. The van der Waals surface area contributed by atoms with Gasteiger partial charge < -0.3 is 9.52 Å². The van der Waals surface area contributed by atoms with Crippen LogP contribution in [0.25, 0.3) is 0 Å². The number of carbonyl (C=O) groups is 1. The van der Waals surface area contributed by atoms with Crippen LogP contribution >= 0.6 is 0 Å². The van der Waals surface area contributed by atoms with E-state index in [0.29, 0.717) is 11.8 Å². The maximum Gasteiger partial charge on any atom is 0.437 e. The maximum absolute atomic E-state index is 12.6. The van der Waals surface area contributed by atoms with Crippen LogP contribution in [-0.4, -0.2) is 16.1 Å². The normalized spacial score (nSPS) is 30.3. The summed E-state index contributed by atoms with van der Waals surface area (Å²) in [4.78, 5) is 14.1. The van der Waals surface area contributed by atoms with E-state index in [1.807, 2.05) is 0 Å². The molecule has 0 spiro atoms. The van der Waals surface area contributed by atoms with Gasteiger partial charge in [0, 0.05) is 5.92 Å². The number of hydrogen-bond acceptors (Lipinski definition) is 3. The van der Waals surface area contributed by atoms with Crippen molar-refractivity contribution in [2.24, 2.45) is 11.8 Å². The third kappa shape index (κ3) is 1.77. The minimum atomic E-state index is -4.79. The second kappa shape index (κ2) is 3.49. The first kappa shape index (κ1) is 11.6. The summed E-state index contributed by atoms with van der Waals surface area (Å²) in [6, 6.07) is 0. The standard InChI is InChI=1S/C11H10F3NO3/c12-11(13,14)8-7(10(16)17)18-9(15-8)6-2-4-1-5(4)3-6/h4-6H,1-3H2,(H,16,17). The Morgan fingerprint density at radius 1 is 1.28 bits per heavy atom. The van der Waals surface area contributed by atoms with Gasteiger partial charge >= 0.3 is 12.1 Å². The Kier molecular flexibility index (Phi) is 2.24. The molecule has 0 saturated heterocycles. The van der Waals surface area contributed by atoms with Crippen molar-refractivity contribution in [1.82, 2.24) is 4.98 Å². The van der Waals surface area contributed by atoms with Crippen molar-refractivity contribution in [3.05, 3.63) is 17.3 Å². The monoisotopic (exact) mass is 261 g/mol. The Balaban J connectivity index is 1.94. The van der Waals surface area contributed by atoms with Gasteiger partial charge in [-0.3, -0.25) is 0 Å². The number of halogens is 3. The van der Waals surface area contributed by atoms with E-state index in [1.54, 1.807) is 0 Å². The van der Waals surface area contributed by atoms with Gasteiger partial charge in [-0.05, 0) is 31.1 Å². The Hall–Kier alpha value is -1.53. The lowest BCUT2D eigenvalue weighted by Gasteiger charge is -2.05. The van der Waals surface area contributed by atoms with Crippen LogP contribution in [0.2, 0.25) is 0 Å². The number of fused-ring (bicyclic) bond motifs is 1. The van der Waals surface area contributed by atoms with E-state index in [0.717, 1.165) is 19.3 Å². The van der Waals surface area contributed by atoms with Crippen molar-refractivity contribution >= 4 is 5.97 Å². The van der Waals surface area contributed by atoms with Gasteiger partial charge in [-0.2, -0.15) is 13.2 Å². The van der Waals surface area contributed by atoms with E-state index in [9.17, 15) is 18.0 Å². The van der Waals surface area contributed by atoms with Crippen LogP contribution in [0.3, 0.4) is 0 Å². The van der Waals surface area contributed by atoms with E-state index < -0.39 is 23.6 Å². The summed E-state index contributed by atoms with van der Waals surface area (Å²) in [7, 11) is 0. The first-order chi connectivity index (χ1) is 8.36. The number of rotatable bonds is 2. The molecule has 2 fully saturated rings. The number of aromatic nitrogens is 1. The zero-order valence-electron chi connectivity index (χ0n) is 9.20. The summed E-state index contributed by atoms with van der Waals surface area (Å²) in [5.41, 5.74) is -1.43. The molecule has 1 heterocycles. The van der Waals surface area contributed by atoms with Crippen molar-refractivity contribution in [2.75, 3.05) is 0 Å². The fourth-order valence-electron chi connectivity index (χ4n) is 2.76. The van der Waals surface area contributed by atoms with E-state index in [1.165, 1.54) is 0 Å². The molecule has 7 heteroatoms. The molecule has 2 atom stereocenters. The molecular weight excluding hydrogens is 251 g/mol. The summed E-state index contributed by atoms with van der Waals surface area (Å²) >= 11 is 0. The Labute approximate surface area is 99.8 Å². The molecule has 4 nitrogen and oxygen atoms in total. The van der Waals surface area contributed by atoms with Crippen LogP contribution in [0.5, 0.6) is 0 Å². The van der Waals surface area contributed by atoms with Gasteiger partial charge in [0.2, 0.25) is 5.76 Å². The summed E-state index contributed by atoms with van der Waals surface area (Å²) in [5, 5.41) is 8.71. The van der Waals surface area contributed by atoms with Gasteiger partial charge in [-0.1, -0.05) is 0 Å². The average Bonchev–Trinajstić information content (AvgIpc) is 2.76. The van der Waals surface area contributed by atoms with Crippen LogP contribution < -0.4 is 0 Å². The Bertz CT molecular complexity index is 498. The lowest BCUT2D eigenvalue weighted by atomic mass is 10.0. The predicted molar refractivity (Wildman–Crippen MR) is 52.0 cm³/mol. The number of carboxylic acids is 1. The smallest absolute Gasteiger partial charge is 0.437 e. The molecule has 1 N–H and O–H groups in total. The molecule has 2 unspecified atom stereocenters. The number of nitrogens with zero attached hydrogens (tertiary/aromatic N) is 1. The van der Waals surface area contributed by atoms with Crippen LogP contribution in [0.4, 0.5) is 13.2 Å². The third-order valence-electron chi connectivity index (χ3n) is 3.70. The van der Waals surface area contributed by atoms with Crippen molar-refractivity contribution < 1.29 is 27.5 Å². The molecule has 98 valence electrons. The second-order valence-electron chi connectivity index (χ2n) is 4.96. The first-order valence-electron chi connectivity index (χ1n) is 5.67. The first-order valence-corrected chi connectivity index (χ1v) is 5.67. The fourth-order valence-corrected chi connectivity index (χ4v) is 2.76. The van der Waals surface area contributed by atoms with Crippen molar-refractivity contribution in [1.29, 1.82) is 0 Å². The van der Waals surface area contributed by atoms with E-state index in [-0.39, 0.29) is 11.8 Å². The molecule has 0 radical (unpaired) electrons. The second-order valence-corrected chi connectivity index (χ2v) is 4.96. The highest BCUT2D eigenvalue weighted by molar-refractivity contribution is 5.85. The predicted octanol–water partition coefficient (Wildman–Crippen LogP) is 2.91. The van der Waals surface area contributed by atoms with Gasteiger partial charge in [0.1, 0.15) is 0 Å². The maximum atomic E-state index is 12.6. The SMILES string of the molecule is O=C(O)c1oc(C2CC3CC3C2)nc1C(F)(F)F. The topological polar surface area (TPSA) is 63.3 Å². The molecule has 0 bridgehead atoms. The highest BCUT2D eigenvalue weighted by Gasteiger charge is 2.49. The van der Waals surface area contributed by atoms with E-state index in [2.05, 4.69) is 4.98 Å². The van der Waals surface area contributed by atoms with Gasteiger partial charge in [-0.25, -0.2) is 9.78 Å². The van der Waals surface area contributed by atoms with Crippen LogP contribution in [0, 0.1) is 11.8 Å². The number of aromatic carboxylic acids is 1. The summed E-state index contributed by atoms with van der Waals surface area (Å²) < 4.78 is 42.7. The molecule has 2 aliphatic carbocycles. The summed E-state index contributed by atoms with van der Waals surface area (Å²) in [5.74, 6) is -1.95. The van der Waals surface area contributed by atoms with Crippen molar-refractivity contribution in [3.8, 4) is 0 Å². The van der Waals surface area contributed by atoms with Crippen LogP contribution in [0.1, 0.15) is 47.3 Å². The van der Waals surface area contributed by atoms with Gasteiger partial charge in [0.15, 0.2) is 11.6 Å². The Morgan fingerprint density at radius 3 is 2.33 bits per heavy atom. The number of hydrogen-bond donors (Lipinski definition) is 1. The molecule has 0 aliphatic heterocycles. The zero-order valence-corrected chi connectivity index (χ0v) is 9.20. The molecule has 18 heavy (non-hydrogen) atoms. The fraction of sp³-hybridized carbons (Fsp3) is 0.636. The molecular formula is C11H10F3NO3. The lowest BCUT2D eigenvalue weighted by molar-refractivity contribution is -0.141. The molecule has 2 aliphatic rings. The molecule has 3 rings (SSSR count). The van der Waals surface area contributed by atoms with Gasteiger partial charge in [0.25, 0.3) is 0 Å². The number of alkyl halides is 3. The van der Waals surface area contributed by atoms with Crippen molar-refractivity contribution in [2.45, 2.75) is 31.4 Å². The summed E-state index contributed by atoms with van der Waals surface area (Å²) in [6.07, 6.45) is -2.17. The number of oxazole rings is 1. The van der Waals surface area contributed by atoms with E-state index in [4.69, 9.17) is 9.52 Å². The van der Waals surface area contributed by atoms with E-state index >= 15 is 0 Å². The minimum Gasteiger partial charge on any atom is -0.475 e. The summed E-state index contributed by atoms with van der Waals surface area (Å²) in [6.45, 7) is 0. The molecule has 2 saturated carbocycles. The highest BCUT2D eigenvalue weighted by atomic mass is 19.4. The molecule has 0 amide bonds. The highest BCUT2D eigenvalue weighted by Crippen LogP contribution is 2.57. The quantitative estimate of drug-likeness (QED) is 0.889. The molecule has 0 aromatic carbocycles. The lowest BCUT2D eigenvalue weighted by Crippen LogP contribution is -2.11. The third-order valence-corrected chi connectivity index (χ3v) is 3.70. The largest absolute Gasteiger partial charge is 0.475 e. The Morgan fingerprint density at radius 2 is 1.89 bits per heavy atom. The minimum absolute atomic E-state index is 0.0769. The van der Waals surface area contributed by atoms with Crippen molar-refractivity contribution in [3.63, 3.8) is 0 Å². The zero-order chi connectivity index (χ0) is 13.1. The van der Waals surface area contributed by atoms with Crippen LogP contribution in [0.15, 0.2) is 4.42 Å².